The van der Waals surface area contributed by atoms with Gasteiger partial charge in [-0.05, 0) is 12.1 Å². The summed E-state index contributed by atoms with van der Waals surface area (Å²) in [6.07, 6.45) is 0. The van der Waals surface area contributed by atoms with Gasteiger partial charge in [0.25, 0.3) is 0 Å². The van der Waals surface area contributed by atoms with E-state index in [0.29, 0.717) is 10.6 Å². The molecule has 0 fully saturated rings. The Morgan fingerprint density at radius 2 is 1.79 bits per heavy atom. The number of halogens is 2. The lowest BCUT2D eigenvalue weighted by molar-refractivity contribution is 0.621. The summed E-state index contributed by atoms with van der Waals surface area (Å²) < 4.78 is 13.1. The highest BCUT2D eigenvalue weighted by molar-refractivity contribution is 6.30. The Morgan fingerprint density at radius 3 is 2.29 bits per heavy atom. The summed E-state index contributed by atoms with van der Waals surface area (Å²) in [6, 6.07) is 6.51. The van der Waals surface area contributed by atoms with Gasteiger partial charge in [0.15, 0.2) is 0 Å². The molecule has 0 bridgehead atoms. The van der Waals surface area contributed by atoms with Crippen LogP contribution < -0.4 is 5.56 Å². The van der Waals surface area contributed by atoms with Crippen LogP contribution in [0.4, 0.5) is 4.39 Å². The van der Waals surface area contributed by atoms with Crippen LogP contribution >= 0.6 is 11.6 Å². The van der Waals surface area contributed by atoms with E-state index in [4.69, 9.17) is 11.6 Å². The molecule has 0 aliphatic rings. The normalized spacial score (nSPS) is 10.4. The summed E-state index contributed by atoms with van der Waals surface area (Å²) >= 11 is 5.67. The Hall–Kier alpha value is -1.55. The summed E-state index contributed by atoms with van der Waals surface area (Å²) in [5.41, 5.74) is -0.0353. The summed E-state index contributed by atoms with van der Waals surface area (Å²) in [5, 5.41) is 5.18. The minimum Gasteiger partial charge on any atom is -0.295 e. The van der Waals surface area contributed by atoms with Gasteiger partial charge in [-0.1, -0.05) is 23.7 Å². The molecule has 0 amide bonds. The molecular weight excluding hydrogens is 207 g/mol. The van der Waals surface area contributed by atoms with Crippen molar-refractivity contribution in [3.63, 3.8) is 0 Å². The van der Waals surface area contributed by atoms with E-state index in [1.807, 2.05) is 0 Å². The number of hydrogen-bond donors (Lipinski definition) is 2. The topological polar surface area (TPSA) is 48.6 Å². The van der Waals surface area contributed by atoms with E-state index in [9.17, 15) is 9.18 Å². The molecule has 0 saturated heterocycles. The van der Waals surface area contributed by atoms with Gasteiger partial charge in [0.1, 0.15) is 5.69 Å². The van der Waals surface area contributed by atoms with E-state index in [1.165, 1.54) is 0 Å². The van der Waals surface area contributed by atoms with E-state index < -0.39 is 11.4 Å². The Bertz CT molecular complexity index is 500. The molecule has 2 N–H and O–H groups in total. The van der Waals surface area contributed by atoms with Crippen LogP contribution in [-0.2, 0) is 0 Å². The molecule has 2 aromatic rings. The van der Waals surface area contributed by atoms with Crippen LogP contribution in [0.15, 0.2) is 29.1 Å². The second-order valence-electron chi connectivity index (χ2n) is 2.77. The molecule has 0 saturated carbocycles. The summed E-state index contributed by atoms with van der Waals surface area (Å²) in [7, 11) is 0. The second kappa shape index (κ2) is 3.31. The number of H-pyrrole nitrogens is 2. The summed E-state index contributed by atoms with van der Waals surface area (Å²) in [5.74, 6) is -0.813. The number of aromatic nitrogens is 2. The monoisotopic (exact) mass is 212 g/mol. The molecule has 0 unspecified atom stereocenters. The van der Waals surface area contributed by atoms with Crippen molar-refractivity contribution in [3.8, 4) is 11.3 Å². The maximum Gasteiger partial charge on any atom is 0.300 e. The molecule has 2 rings (SSSR count). The minimum atomic E-state index is -0.813. The van der Waals surface area contributed by atoms with Gasteiger partial charge in [-0.3, -0.25) is 15.0 Å². The van der Waals surface area contributed by atoms with Crippen molar-refractivity contribution in [1.29, 1.82) is 0 Å². The standard InChI is InChI=1S/C9H6ClFN2O/c10-6-3-1-5(2-4-6)8-7(11)9(14)13-12-8/h1-4H,(H2,12,13,14). The lowest BCUT2D eigenvalue weighted by atomic mass is 10.1. The molecule has 1 heterocycles. The van der Waals surface area contributed by atoms with Gasteiger partial charge in [-0.25, -0.2) is 0 Å². The van der Waals surface area contributed by atoms with Crippen molar-refractivity contribution < 1.29 is 4.39 Å². The van der Waals surface area contributed by atoms with Gasteiger partial charge in [0.2, 0.25) is 5.82 Å². The molecule has 0 atom stereocenters. The SMILES string of the molecule is O=c1[nH][nH]c(-c2ccc(Cl)cc2)c1F. The fourth-order valence-corrected chi connectivity index (χ4v) is 1.28. The smallest absolute Gasteiger partial charge is 0.295 e. The molecule has 5 heteroatoms. The van der Waals surface area contributed by atoms with Crippen molar-refractivity contribution >= 4 is 11.6 Å². The molecule has 1 aromatic carbocycles. The predicted molar refractivity (Wildman–Crippen MR) is 51.8 cm³/mol. The summed E-state index contributed by atoms with van der Waals surface area (Å²) in [6.45, 7) is 0. The van der Waals surface area contributed by atoms with Crippen molar-refractivity contribution in [2.75, 3.05) is 0 Å². The molecule has 0 aliphatic carbocycles. The first-order valence-corrected chi connectivity index (χ1v) is 4.28. The third-order valence-electron chi connectivity index (χ3n) is 1.85. The molecule has 0 spiro atoms. The molecule has 1 aromatic heterocycles. The zero-order valence-electron chi connectivity index (χ0n) is 6.97. The first kappa shape index (κ1) is 9.02. The third-order valence-corrected chi connectivity index (χ3v) is 2.10. The second-order valence-corrected chi connectivity index (χ2v) is 3.21. The van der Waals surface area contributed by atoms with E-state index in [1.54, 1.807) is 24.3 Å². The fraction of sp³-hybridized carbons (Fsp3) is 0. The lowest BCUT2D eigenvalue weighted by Crippen LogP contribution is -2.01. The van der Waals surface area contributed by atoms with Gasteiger partial charge in [0.05, 0.1) is 0 Å². The molecular formula is C9H6ClFN2O. The predicted octanol–water partition coefficient (Wildman–Crippen LogP) is 2.16. The zero-order valence-corrected chi connectivity index (χ0v) is 7.73. The van der Waals surface area contributed by atoms with E-state index in [-0.39, 0.29) is 5.69 Å². The lowest BCUT2D eigenvalue weighted by Gasteiger charge is -1.96. The highest BCUT2D eigenvalue weighted by Gasteiger charge is 2.10. The number of rotatable bonds is 1. The van der Waals surface area contributed by atoms with E-state index in [0.717, 1.165) is 0 Å². The largest absolute Gasteiger partial charge is 0.300 e. The van der Waals surface area contributed by atoms with E-state index in [2.05, 4.69) is 10.2 Å². The highest BCUT2D eigenvalue weighted by Crippen LogP contribution is 2.19. The Morgan fingerprint density at radius 1 is 1.14 bits per heavy atom. The minimum absolute atomic E-state index is 0.145. The van der Waals surface area contributed by atoms with Crippen LogP contribution in [-0.4, -0.2) is 10.2 Å². The third kappa shape index (κ3) is 1.44. The van der Waals surface area contributed by atoms with Crippen LogP contribution in [0.2, 0.25) is 5.02 Å². The van der Waals surface area contributed by atoms with Crippen LogP contribution in [0.1, 0.15) is 0 Å². The number of aromatic amines is 2. The van der Waals surface area contributed by atoms with Gasteiger partial charge >= 0.3 is 5.56 Å². The number of hydrogen-bond acceptors (Lipinski definition) is 1. The molecule has 0 radical (unpaired) electrons. The van der Waals surface area contributed by atoms with Crippen molar-refractivity contribution in [2.45, 2.75) is 0 Å². The average Bonchev–Trinajstić information content (AvgIpc) is 2.50. The Kier molecular flexibility index (Phi) is 2.13. The fourth-order valence-electron chi connectivity index (χ4n) is 1.16. The zero-order chi connectivity index (χ0) is 10.1. The molecule has 72 valence electrons. The van der Waals surface area contributed by atoms with Gasteiger partial charge in [0, 0.05) is 10.6 Å². The molecule has 14 heavy (non-hydrogen) atoms. The number of nitrogens with one attached hydrogen (secondary N) is 2. The highest BCUT2D eigenvalue weighted by atomic mass is 35.5. The Labute approximate surface area is 83.5 Å². The summed E-state index contributed by atoms with van der Waals surface area (Å²) in [4.78, 5) is 10.8. The van der Waals surface area contributed by atoms with Crippen molar-refractivity contribution in [3.05, 3.63) is 45.5 Å². The van der Waals surface area contributed by atoms with Crippen molar-refractivity contribution in [1.82, 2.24) is 10.2 Å². The Balaban J connectivity index is 2.55. The first-order chi connectivity index (χ1) is 6.68. The maximum atomic E-state index is 13.1. The maximum absolute atomic E-state index is 13.1. The van der Waals surface area contributed by atoms with Gasteiger partial charge < -0.3 is 0 Å². The van der Waals surface area contributed by atoms with Crippen molar-refractivity contribution in [2.24, 2.45) is 0 Å². The molecule has 0 aliphatic heterocycles. The van der Waals surface area contributed by atoms with Gasteiger partial charge in [-0.2, -0.15) is 4.39 Å². The first-order valence-electron chi connectivity index (χ1n) is 3.90. The average molecular weight is 213 g/mol. The van der Waals surface area contributed by atoms with E-state index >= 15 is 0 Å². The quantitative estimate of drug-likeness (QED) is 0.748. The number of benzene rings is 1. The van der Waals surface area contributed by atoms with Crippen LogP contribution in [0.5, 0.6) is 0 Å². The molecule has 3 nitrogen and oxygen atoms in total. The van der Waals surface area contributed by atoms with Gasteiger partial charge in [-0.15, -0.1) is 0 Å². The van der Waals surface area contributed by atoms with Crippen LogP contribution in [0.25, 0.3) is 11.3 Å². The van der Waals surface area contributed by atoms with Crippen LogP contribution in [0, 0.1) is 5.82 Å². The van der Waals surface area contributed by atoms with Crippen LogP contribution in [0.3, 0.4) is 0 Å².